The Kier molecular flexibility index (Phi) is 4.57. The third-order valence-corrected chi connectivity index (χ3v) is 1.71. The molecule has 0 bridgehead atoms. The normalized spacial score (nSPS) is 11.3. The number of ether oxygens (including phenoxy) is 1. The van der Waals surface area contributed by atoms with Gasteiger partial charge in [-0.25, -0.2) is 0 Å². The molecule has 0 rings (SSSR count). The van der Waals surface area contributed by atoms with Gasteiger partial charge in [-0.15, -0.1) is 0 Å². The van der Waals surface area contributed by atoms with E-state index >= 15 is 0 Å². The molecule has 0 fully saturated rings. The summed E-state index contributed by atoms with van der Waals surface area (Å²) in [5.74, 6) is 0.758. The van der Waals surface area contributed by atoms with E-state index in [1.165, 1.54) is 0 Å². The Morgan fingerprint density at radius 3 is 2.36 bits per heavy atom. The van der Waals surface area contributed by atoms with Gasteiger partial charge in [-0.3, -0.25) is 4.79 Å². The summed E-state index contributed by atoms with van der Waals surface area (Å²) < 4.78 is 4.99. The molecule has 0 radical (unpaired) electrons. The number of carbonyl (C=O) groups is 1. The summed E-state index contributed by atoms with van der Waals surface area (Å²) in [6.07, 6.45) is 1.99. The van der Waals surface area contributed by atoms with Crippen LogP contribution in [0.5, 0.6) is 0 Å². The van der Waals surface area contributed by atoms with Crippen molar-refractivity contribution in [3.8, 4) is 0 Å². The van der Waals surface area contributed by atoms with Crippen LogP contribution >= 0.6 is 11.8 Å². The lowest BCUT2D eigenvalue weighted by Gasteiger charge is -2.15. The standard InChI is InChI=1S/C8H16O2S/c1-8(2,3)7(9)10-5-6-11-4/h5-6H2,1-4H3. The molecule has 0 heterocycles. The fourth-order valence-corrected chi connectivity index (χ4v) is 0.684. The fourth-order valence-electron chi connectivity index (χ4n) is 0.434. The Bertz CT molecular complexity index is 127. The van der Waals surface area contributed by atoms with E-state index in [4.69, 9.17) is 4.74 Å². The molecule has 3 heteroatoms. The van der Waals surface area contributed by atoms with Crippen molar-refractivity contribution in [3.63, 3.8) is 0 Å². The van der Waals surface area contributed by atoms with E-state index in [9.17, 15) is 4.79 Å². The zero-order valence-corrected chi connectivity index (χ0v) is 8.46. The maximum atomic E-state index is 11.1. The summed E-state index contributed by atoms with van der Waals surface area (Å²) in [7, 11) is 0. The topological polar surface area (TPSA) is 26.3 Å². The maximum absolute atomic E-state index is 11.1. The van der Waals surface area contributed by atoms with Crippen LogP contribution in [0.15, 0.2) is 0 Å². The highest BCUT2D eigenvalue weighted by Crippen LogP contribution is 2.14. The molecule has 0 amide bonds. The minimum Gasteiger partial charge on any atom is -0.464 e. The van der Waals surface area contributed by atoms with Crippen LogP contribution < -0.4 is 0 Å². The van der Waals surface area contributed by atoms with E-state index in [2.05, 4.69) is 0 Å². The molecule has 11 heavy (non-hydrogen) atoms. The quantitative estimate of drug-likeness (QED) is 0.485. The van der Waals surface area contributed by atoms with Crippen LogP contribution in [0.3, 0.4) is 0 Å². The van der Waals surface area contributed by atoms with Gasteiger partial charge in [0.05, 0.1) is 5.41 Å². The average molecular weight is 176 g/mol. The number of hydrogen-bond donors (Lipinski definition) is 0. The van der Waals surface area contributed by atoms with Gasteiger partial charge in [-0.1, -0.05) is 0 Å². The predicted octanol–water partition coefficient (Wildman–Crippen LogP) is 1.94. The lowest BCUT2D eigenvalue weighted by Crippen LogP contribution is -2.23. The smallest absolute Gasteiger partial charge is 0.311 e. The van der Waals surface area contributed by atoms with Crippen LogP contribution in [0.1, 0.15) is 20.8 Å². The first kappa shape index (κ1) is 10.8. The highest BCUT2D eigenvalue weighted by molar-refractivity contribution is 7.98. The van der Waals surface area contributed by atoms with Crippen molar-refractivity contribution in [1.82, 2.24) is 0 Å². The molecule has 0 spiro atoms. The Morgan fingerprint density at radius 2 is 2.00 bits per heavy atom. The first-order valence-electron chi connectivity index (χ1n) is 3.64. The summed E-state index contributed by atoms with van der Waals surface area (Å²) in [4.78, 5) is 11.1. The summed E-state index contributed by atoms with van der Waals surface area (Å²) >= 11 is 1.68. The molecule has 0 aliphatic rings. The lowest BCUT2D eigenvalue weighted by molar-refractivity contribution is -0.152. The molecular weight excluding hydrogens is 160 g/mol. The molecule has 0 unspecified atom stereocenters. The fraction of sp³-hybridized carbons (Fsp3) is 0.875. The van der Waals surface area contributed by atoms with Gasteiger partial charge in [0, 0.05) is 5.75 Å². The van der Waals surface area contributed by atoms with Gasteiger partial charge < -0.3 is 4.74 Å². The van der Waals surface area contributed by atoms with Crippen molar-refractivity contribution in [2.45, 2.75) is 20.8 Å². The lowest BCUT2D eigenvalue weighted by atomic mass is 9.97. The van der Waals surface area contributed by atoms with E-state index in [1.807, 2.05) is 27.0 Å². The third kappa shape index (κ3) is 5.13. The van der Waals surface area contributed by atoms with Crippen molar-refractivity contribution in [3.05, 3.63) is 0 Å². The Labute approximate surface area is 72.7 Å². The molecular formula is C8H16O2S. The number of rotatable bonds is 3. The molecule has 0 aromatic heterocycles. The van der Waals surface area contributed by atoms with Gasteiger partial charge >= 0.3 is 5.97 Å². The highest BCUT2D eigenvalue weighted by atomic mass is 32.2. The molecule has 0 atom stereocenters. The first-order valence-corrected chi connectivity index (χ1v) is 5.04. The molecule has 0 aromatic carbocycles. The van der Waals surface area contributed by atoms with E-state index < -0.39 is 0 Å². The summed E-state index contributed by atoms with van der Waals surface area (Å²) in [6, 6.07) is 0. The van der Waals surface area contributed by atoms with Gasteiger partial charge in [-0.2, -0.15) is 11.8 Å². The van der Waals surface area contributed by atoms with Crippen LogP contribution in [-0.2, 0) is 9.53 Å². The number of carbonyl (C=O) groups excluding carboxylic acids is 1. The Hall–Kier alpha value is -0.180. The van der Waals surface area contributed by atoms with Crippen LogP contribution in [-0.4, -0.2) is 24.6 Å². The number of hydrogen-bond acceptors (Lipinski definition) is 3. The molecule has 2 nitrogen and oxygen atoms in total. The van der Waals surface area contributed by atoms with Crippen LogP contribution in [0.2, 0.25) is 0 Å². The molecule has 0 aliphatic heterocycles. The first-order chi connectivity index (χ1) is 4.98. The van der Waals surface area contributed by atoms with Crippen LogP contribution in [0.25, 0.3) is 0 Å². The second-order valence-electron chi connectivity index (χ2n) is 3.38. The van der Waals surface area contributed by atoms with Crippen molar-refractivity contribution < 1.29 is 9.53 Å². The molecule has 0 saturated carbocycles. The van der Waals surface area contributed by atoms with E-state index in [0.717, 1.165) is 5.75 Å². The Morgan fingerprint density at radius 1 is 1.45 bits per heavy atom. The van der Waals surface area contributed by atoms with Gasteiger partial charge in [0.25, 0.3) is 0 Å². The van der Waals surface area contributed by atoms with Gasteiger partial charge in [-0.05, 0) is 27.0 Å². The maximum Gasteiger partial charge on any atom is 0.311 e. The van der Waals surface area contributed by atoms with Crippen molar-refractivity contribution in [2.24, 2.45) is 5.41 Å². The third-order valence-electron chi connectivity index (χ3n) is 1.13. The van der Waals surface area contributed by atoms with Crippen molar-refractivity contribution >= 4 is 17.7 Å². The zero-order chi connectivity index (χ0) is 8.91. The number of thioether (sulfide) groups is 1. The number of esters is 1. The summed E-state index contributed by atoms with van der Waals surface area (Å²) in [5, 5.41) is 0. The SMILES string of the molecule is CSCCOC(=O)C(C)(C)C. The monoisotopic (exact) mass is 176 g/mol. The molecule has 0 aromatic rings. The zero-order valence-electron chi connectivity index (χ0n) is 7.64. The Balaban J connectivity index is 3.54. The van der Waals surface area contributed by atoms with E-state index in [1.54, 1.807) is 11.8 Å². The minimum atomic E-state index is -0.363. The molecule has 66 valence electrons. The second kappa shape index (κ2) is 4.65. The minimum absolute atomic E-state index is 0.119. The average Bonchev–Trinajstić information content (AvgIpc) is 1.86. The van der Waals surface area contributed by atoms with Gasteiger partial charge in [0.15, 0.2) is 0 Å². The van der Waals surface area contributed by atoms with E-state index in [-0.39, 0.29) is 11.4 Å². The van der Waals surface area contributed by atoms with Crippen LogP contribution in [0.4, 0.5) is 0 Å². The van der Waals surface area contributed by atoms with Crippen molar-refractivity contribution in [1.29, 1.82) is 0 Å². The predicted molar refractivity (Wildman–Crippen MR) is 48.8 cm³/mol. The largest absolute Gasteiger partial charge is 0.464 e. The molecule has 0 aliphatic carbocycles. The van der Waals surface area contributed by atoms with Crippen molar-refractivity contribution in [2.75, 3.05) is 18.6 Å². The highest BCUT2D eigenvalue weighted by Gasteiger charge is 2.22. The molecule has 0 saturated heterocycles. The second-order valence-corrected chi connectivity index (χ2v) is 4.36. The summed E-state index contributed by atoms with van der Waals surface area (Å²) in [5.41, 5.74) is -0.363. The van der Waals surface area contributed by atoms with E-state index in [0.29, 0.717) is 6.61 Å². The molecule has 0 N–H and O–H groups in total. The summed E-state index contributed by atoms with van der Waals surface area (Å²) in [6.45, 7) is 6.09. The van der Waals surface area contributed by atoms with Crippen LogP contribution in [0, 0.1) is 5.41 Å². The van der Waals surface area contributed by atoms with Gasteiger partial charge in [0.1, 0.15) is 6.61 Å². The van der Waals surface area contributed by atoms with Gasteiger partial charge in [0.2, 0.25) is 0 Å².